The number of halogens is 1. The summed E-state index contributed by atoms with van der Waals surface area (Å²) in [6, 6.07) is 11.5. The highest BCUT2D eigenvalue weighted by Crippen LogP contribution is 2.36. The number of carboxylic acid groups (broad SMARTS) is 1. The number of aromatic carboxylic acids is 1. The van der Waals surface area contributed by atoms with Gasteiger partial charge in [0.15, 0.2) is 5.75 Å². The third-order valence-corrected chi connectivity index (χ3v) is 5.09. The second kappa shape index (κ2) is 10.8. The summed E-state index contributed by atoms with van der Waals surface area (Å²) in [4.78, 5) is 18.4. The van der Waals surface area contributed by atoms with Crippen LogP contribution in [0.1, 0.15) is 31.1 Å². The zero-order valence-corrected chi connectivity index (χ0v) is 18.4. The average Bonchev–Trinajstić information content (AvgIpc) is 2.75. The molecule has 0 atom stereocenters. The van der Waals surface area contributed by atoms with Crippen LogP contribution in [0, 0.1) is 0 Å². The van der Waals surface area contributed by atoms with Crippen LogP contribution >= 0.6 is 11.6 Å². The van der Waals surface area contributed by atoms with E-state index in [9.17, 15) is 15.0 Å². The summed E-state index contributed by atoms with van der Waals surface area (Å²) < 4.78 is 5.11. The van der Waals surface area contributed by atoms with Gasteiger partial charge in [-0.15, -0.1) is 0 Å². The molecule has 0 saturated heterocycles. The van der Waals surface area contributed by atoms with Crippen molar-refractivity contribution in [3.8, 4) is 22.8 Å². The Labute approximate surface area is 181 Å². The summed E-state index contributed by atoms with van der Waals surface area (Å²) in [7, 11) is 1.48. The number of methoxy groups -OCH3 is 1. The predicted molar refractivity (Wildman–Crippen MR) is 121 cm³/mol. The molecule has 0 radical (unpaired) electrons. The van der Waals surface area contributed by atoms with Gasteiger partial charge in [0.2, 0.25) is 0 Å². The molecule has 1 heterocycles. The molecule has 0 saturated carbocycles. The van der Waals surface area contributed by atoms with Crippen molar-refractivity contribution in [2.24, 2.45) is 0 Å². The van der Waals surface area contributed by atoms with Gasteiger partial charge in [-0.05, 0) is 50.0 Å². The van der Waals surface area contributed by atoms with Crippen LogP contribution in [-0.4, -0.2) is 52.8 Å². The number of benzene rings is 2. The van der Waals surface area contributed by atoms with Crippen LogP contribution in [0.4, 0.5) is 0 Å². The summed E-state index contributed by atoms with van der Waals surface area (Å²) >= 11 is 5.86. The number of carbonyl (C=O) groups is 1. The molecule has 7 heteroatoms. The van der Waals surface area contributed by atoms with E-state index in [-0.39, 0.29) is 17.0 Å². The Kier molecular flexibility index (Phi) is 8.45. The minimum absolute atomic E-state index is 0.191. The van der Waals surface area contributed by atoms with Crippen LogP contribution in [0.3, 0.4) is 0 Å². The number of fused-ring (bicyclic) bond motifs is 1. The van der Waals surface area contributed by atoms with Crippen molar-refractivity contribution in [2.45, 2.75) is 20.8 Å². The van der Waals surface area contributed by atoms with Crippen molar-refractivity contribution >= 4 is 28.5 Å². The molecule has 30 heavy (non-hydrogen) atoms. The van der Waals surface area contributed by atoms with E-state index in [0.717, 1.165) is 0 Å². The Morgan fingerprint density at radius 2 is 1.67 bits per heavy atom. The molecule has 0 amide bonds. The number of aromatic hydroxyl groups is 1. The molecule has 0 fully saturated rings. The van der Waals surface area contributed by atoms with E-state index in [1.165, 1.54) is 32.8 Å². The number of nitrogens with zero attached hydrogens (tertiary/aromatic N) is 2. The fourth-order valence-corrected chi connectivity index (χ4v) is 3.18. The SMILES string of the molecule is CCN(CC)CC.COc1ccc2nc(-c3ccc(Cl)cc3)c(O)c(C(=O)O)c2c1. The fourth-order valence-electron chi connectivity index (χ4n) is 3.06. The maximum absolute atomic E-state index is 11.6. The van der Waals surface area contributed by atoms with Gasteiger partial charge in [-0.1, -0.05) is 44.5 Å². The molecule has 0 unspecified atom stereocenters. The number of pyridine rings is 1. The van der Waals surface area contributed by atoms with E-state index >= 15 is 0 Å². The fraction of sp³-hybridized carbons (Fsp3) is 0.304. The molecule has 0 bridgehead atoms. The molecule has 2 aromatic carbocycles. The summed E-state index contributed by atoms with van der Waals surface area (Å²) in [6.45, 7) is 10.1. The maximum atomic E-state index is 11.6. The second-order valence-electron chi connectivity index (χ2n) is 6.50. The lowest BCUT2D eigenvalue weighted by Crippen LogP contribution is -2.21. The first kappa shape index (κ1) is 23.4. The number of hydrogen-bond donors (Lipinski definition) is 2. The number of hydrogen-bond acceptors (Lipinski definition) is 5. The third-order valence-electron chi connectivity index (χ3n) is 4.84. The molecular formula is C23H27ClN2O4. The maximum Gasteiger partial charge on any atom is 0.340 e. The van der Waals surface area contributed by atoms with Gasteiger partial charge in [-0.2, -0.15) is 0 Å². The minimum Gasteiger partial charge on any atom is -0.505 e. The average molecular weight is 431 g/mol. The Bertz CT molecular complexity index is 997. The number of rotatable bonds is 6. The first-order valence-corrected chi connectivity index (χ1v) is 10.2. The number of carboxylic acids is 1. The quantitative estimate of drug-likeness (QED) is 0.551. The highest BCUT2D eigenvalue weighted by atomic mass is 35.5. The zero-order valence-electron chi connectivity index (χ0n) is 17.6. The molecular weight excluding hydrogens is 404 g/mol. The van der Waals surface area contributed by atoms with Gasteiger partial charge < -0.3 is 19.8 Å². The third kappa shape index (κ3) is 5.40. The van der Waals surface area contributed by atoms with Crippen LogP contribution < -0.4 is 4.74 Å². The Morgan fingerprint density at radius 1 is 1.07 bits per heavy atom. The van der Waals surface area contributed by atoms with Gasteiger partial charge in [0.1, 0.15) is 17.0 Å². The highest BCUT2D eigenvalue weighted by Gasteiger charge is 2.21. The van der Waals surface area contributed by atoms with Gasteiger partial charge in [-0.25, -0.2) is 9.78 Å². The van der Waals surface area contributed by atoms with E-state index in [0.29, 0.717) is 27.2 Å². The van der Waals surface area contributed by atoms with Crippen LogP contribution in [0.25, 0.3) is 22.2 Å². The molecule has 0 spiro atoms. The summed E-state index contributed by atoms with van der Waals surface area (Å²) in [6.07, 6.45) is 0. The van der Waals surface area contributed by atoms with E-state index < -0.39 is 5.97 Å². The van der Waals surface area contributed by atoms with Crippen LogP contribution in [0.2, 0.25) is 5.02 Å². The van der Waals surface area contributed by atoms with Gasteiger partial charge in [0.25, 0.3) is 0 Å². The lowest BCUT2D eigenvalue weighted by molar-refractivity contribution is 0.0696. The molecule has 6 nitrogen and oxygen atoms in total. The lowest BCUT2D eigenvalue weighted by Gasteiger charge is -2.13. The Morgan fingerprint density at radius 3 is 2.13 bits per heavy atom. The molecule has 160 valence electrons. The first-order chi connectivity index (χ1) is 14.4. The van der Waals surface area contributed by atoms with Gasteiger partial charge in [0, 0.05) is 16.0 Å². The summed E-state index contributed by atoms with van der Waals surface area (Å²) in [5, 5.41) is 20.8. The summed E-state index contributed by atoms with van der Waals surface area (Å²) in [5.41, 5.74) is 1.01. The normalized spacial score (nSPS) is 10.6. The molecule has 0 aliphatic rings. The van der Waals surface area contributed by atoms with Gasteiger partial charge >= 0.3 is 5.97 Å². The molecule has 3 rings (SSSR count). The van der Waals surface area contributed by atoms with Crippen molar-refractivity contribution in [2.75, 3.05) is 26.7 Å². The van der Waals surface area contributed by atoms with Crippen LogP contribution in [0.5, 0.6) is 11.5 Å². The Balaban J connectivity index is 0.000000396. The van der Waals surface area contributed by atoms with Gasteiger partial charge in [0.05, 0.1) is 12.6 Å². The molecule has 3 aromatic rings. The van der Waals surface area contributed by atoms with Crippen molar-refractivity contribution in [1.29, 1.82) is 0 Å². The summed E-state index contributed by atoms with van der Waals surface area (Å²) in [5.74, 6) is -1.14. The van der Waals surface area contributed by atoms with Crippen molar-refractivity contribution < 1.29 is 19.7 Å². The van der Waals surface area contributed by atoms with Crippen molar-refractivity contribution in [3.05, 3.63) is 53.1 Å². The highest BCUT2D eigenvalue weighted by molar-refractivity contribution is 6.30. The lowest BCUT2D eigenvalue weighted by atomic mass is 10.0. The topological polar surface area (TPSA) is 82.9 Å². The largest absolute Gasteiger partial charge is 0.505 e. The predicted octanol–water partition coefficient (Wildman–Crippen LogP) is 5.32. The van der Waals surface area contributed by atoms with Crippen molar-refractivity contribution in [3.63, 3.8) is 0 Å². The van der Waals surface area contributed by atoms with E-state index in [1.807, 2.05) is 0 Å². The Hall–Kier alpha value is -2.83. The molecule has 0 aliphatic heterocycles. The minimum atomic E-state index is -1.24. The smallest absolute Gasteiger partial charge is 0.340 e. The van der Waals surface area contributed by atoms with Gasteiger partial charge in [-0.3, -0.25) is 0 Å². The van der Waals surface area contributed by atoms with E-state index in [2.05, 4.69) is 30.7 Å². The molecule has 2 N–H and O–H groups in total. The second-order valence-corrected chi connectivity index (χ2v) is 6.94. The van der Waals surface area contributed by atoms with E-state index in [4.69, 9.17) is 16.3 Å². The monoisotopic (exact) mass is 430 g/mol. The van der Waals surface area contributed by atoms with Crippen LogP contribution in [0.15, 0.2) is 42.5 Å². The first-order valence-electron chi connectivity index (χ1n) is 9.78. The van der Waals surface area contributed by atoms with Crippen molar-refractivity contribution in [1.82, 2.24) is 9.88 Å². The van der Waals surface area contributed by atoms with E-state index in [1.54, 1.807) is 36.4 Å². The number of aromatic nitrogens is 1. The number of ether oxygens (including phenoxy) is 1. The molecule has 1 aromatic heterocycles. The standard InChI is InChI=1S/C17H12ClNO4.C6H15N/c1-23-11-6-7-13-12(8-11)14(17(21)22)16(20)15(19-13)9-2-4-10(18)5-3-9;1-4-7(5-2)6-3/h2-8,20H,1H3,(H,21,22);4-6H2,1-3H3. The zero-order chi connectivity index (χ0) is 22.3. The van der Waals surface area contributed by atoms with Crippen LogP contribution in [-0.2, 0) is 0 Å². The molecule has 0 aliphatic carbocycles.